The molecule has 0 heterocycles. The highest BCUT2D eigenvalue weighted by molar-refractivity contribution is 5.41. The van der Waals surface area contributed by atoms with Gasteiger partial charge in [-0.2, -0.15) is 0 Å². The number of nitrogens with two attached hydrogens (primary N) is 1. The van der Waals surface area contributed by atoms with Gasteiger partial charge in [0.25, 0.3) is 0 Å². The van der Waals surface area contributed by atoms with Gasteiger partial charge in [-0.3, -0.25) is 0 Å². The van der Waals surface area contributed by atoms with Crippen LogP contribution in [-0.4, -0.2) is 0 Å². The summed E-state index contributed by atoms with van der Waals surface area (Å²) in [5.41, 5.74) is 6.92. The molecule has 1 aliphatic carbocycles. The molecule has 0 amide bonds. The van der Waals surface area contributed by atoms with E-state index in [1.807, 2.05) is 6.07 Å². The van der Waals surface area contributed by atoms with Crippen LogP contribution in [0.25, 0.3) is 0 Å². The Hall–Kier alpha value is -1.05. The zero-order valence-corrected chi connectivity index (χ0v) is 9.17. The van der Waals surface area contributed by atoms with Crippen LogP contribution in [-0.2, 0) is 0 Å². The Morgan fingerprint density at radius 3 is 2.67 bits per heavy atom. The number of anilines is 1. The molecule has 2 heteroatoms. The molecule has 0 unspecified atom stereocenters. The van der Waals surface area contributed by atoms with Crippen molar-refractivity contribution in [3.8, 4) is 0 Å². The van der Waals surface area contributed by atoms with E-state index in [0.717, 1.165) is 12.0 Å². The second-order valence-electron chi connectivity index (χ2n) is 4.65. The van der Waals surface area contributed by atoms with E-state index in [1.54, 1.807) is 6.07 Å². The van der Waals surface area contributed by atoms with E-state index in [-0.39, 0.29) is 5.82 Å². The summed E-state index contributed by atoms with van der Waals surface area (Å²) >= 11 is 0. The first-order valence-electron chi connectivity index (χ1n) is 5.73. The van der Waals surface area contributed by atoms with Crippen molar-refractivity contribution in [3.63, 3.8) is 0 Å². The summed E-state index contributed by atoms with van der Waals surface area (Å²) in [4.78, 5) is 0. The van der Waals surface area contributed by atoms with Gasteiger partial charge < -0.3 is 5.73 Å². The number of halogens is 1. The van der Waals surface area contributed by atoms with Crippen molar-refractivity contribution in [2.45, 2.75) is 38.5 Å². The second kappa shape index (κ2) is 4.21. The first kappa shape index (κ1) is 10.5. The van der Waals surface area contributed by atoms with Gasteiger partial charge in [0.1, 0.15) is 5.82 Å². The maximum atomic E-state index is 13.7. The summed E-state index contributed by atoms with van der Waals surface area (Å²) in [6.45, 7) is 2.22. The van der Waals surface area contributed by atoms with Gasteiger partial charge in [0.05, 0.1) is 0 Å². The highest BCUT2D eigenvalue weighted by atomic mass is 19.1. The van der Waals surface area contributed by atoms with E-state index >= 15 is 0 Å². The third kappa shape index (κ3) is 2.14. The molecule has 15 heavy (non-hydrogen) atoms. The normalized spacial score (nSPS) is 26.5. The Balaban J connectivity index is 2.27. The molecule has 2 rings (SSSR count). The van der Waals surface area contributed by atoms with E-state index in [4.69, 9.17) is 5.73 Å². The van der Waals surface area contributed by atoms with E-state index in [9.17, 15) is 4.39 Å². The molecule has 1 aliphatic rings. The quantitative estimate of drug-likeness (QED) is 0.698. The van der Waals surface area contributed by atoms with Crippen molar-refractivity contribution >= 4 is 5.69 Å². The van der Waals surface area contributed by atoms with Crippen molar-refractivity contribution in [2.24, 2.45) is 5.92 Å². The molecule has 0 bridgehead atoms. The van der Waals surface area contributed by atoms with Crippen LogP contribution in [0.15, 0.2) is 18.2 Å². The highest BCUT2D eigenvalue weighted by Crippen LogP contribution is 2.38. The van der Waals surface area contributed by atoms with Crippen LogP contribution < -0.4 is 5.73 Å². The summed E-state index contributed by atoms with van der Waals surface area (Å²) in [5.74, 6) is 0.852. The monoisotopic (exact) mass is 207 g/mol. The highest BCUT2D eigenvalue weighted by Gasteiger charge is 2.24. The molecule has 82 valence electrons. The SMILES string of the molecule is C[C@H]1CCCC[C@@H]1c1ccc(N)cc1F. The van der Waals surface area contributed by atoms with Crippen LogP contribution in [0.4, 0.5) is 10.1 Å². The third-order valence-corrected chi connectivity index (χ3v) is 3.54. The second-order valence-corrected chi connectivity index (χ2v) is 4.65. The number of hydrogen-bond acceptors (Lipinski definition) is 1. The smallest absolute Gasteiger partial charge is 0.128 e. The summed E-state index contributed by atoms with van der Waals surface area (Å²) in [6, 6.07) is 5.10. The van der Waals surface area contributed by atoms with Crippen LogP contribution >= 0.6 is 0 Å². The Morgan fingerprint density at radius 1 is 1.27 bits per heavy atom. The van der Waals surface area contributed by atoms with Gasteiger partial charge in [0, 0.05) is 5.69 Å². The molecular weight excluding hydrogens is 189 g/mol. The fourth-order valence-electron chi connectivity index (χ4n) is 2.62. The van der Waals surface area contributed by atoms with Crippen LogP contribution in [0, 0.1) is 11.7 Å². The number of nitrogen functional groups attached to an aromatic ring is 1. The topological polar surface area (TPSA) is 26.0 Å². The molecule has 1 aromatic carbocycles. The fourth-order valence-corrected chi connectivity index (χ4v) is 2.62. The molecule has 1 fully saturated rings. The Labute approximate surface area is 90.5 Å². The molecule has 2 atom stereocenters. The molecule has 0 aromatic heterocycles. The van der Waals surface area contributed by atoms with Crippen molar-refractivity contribution in [3.05, 3.63) is 29.6 Å². The van der Waals surface area contributed by atoms with Crippen molar-refractivity contribution in [1.29, 1.82) is 0 Å². The Kier molecular flexibility index (Phi) is 2.94. The zero-order chi connectivity index (χ0) is 10.8. The third-order valence-electron chi connectivity index (χ3n) is 3.54. The number of hydrogen-bond donors (Lipinski definition) is 1. The van der Waals surface area contributed by atoms with Gasteiger partial charge in [0.15, 0.2) is 0 Å². The van der Waals surface area contributed by atoms with Crippen LogP contribution in [0.3, 0.4) is 0 Å². The largest absolute Gasteiger partial charge is 0.399 e. The van der Waals surface area contributed by atoms with E-state index in [0.29, 0.717) is 17.5 Å². The summed E-state index contributed by atoms with van der Waals surface area (Å²) < 4.78 is 13.7. The Bertz CT molecular complexity index is 348. The predicted molar refractivity (Wildman–Crippen MR) is 61.2 cm³/mol. The molecule has 1 saturated carbocycles. The minimum Gasteiger partial charge on any atom is -0.399 e. The molecule has 0 radical (unpaired) electrons. The van der Waals surface area contributed by atoms with Crippen LogP contribution in [0.1, 0.15) is 44.1 Å². The lowest BCUT2D eigenvalue weighted by Crippen LogP contribution is -2.16. The van der Waals surface area contributed by atoms with Gasteiger partial charge in [-0.15, -0.1) is 0 Å². The maximum Gasteiger partial charge on any atom is 0.128 e. The standard InChI is InChI=1S/C13H18FN/c1-9-4-2-3-5-11(9)12-7-6-10(15)8-13(12)14/h6-9,11H,2-5,15H2,1H3/t9-,11-/m0/s1. The summed E-state index contributed by atoms with van der Waals surface area (Å²) in [6.07, 6.45) is 4.84. The molecule has 2 N–H and O–H groups in total. The lowest BCUT2D eigenvalue weighted by Gasteiger charge is -2.29. The van der Waals surface area contributed by atoms with Crippen molar-refractivity contribution < 1.29 is 4.39 Å². The lowest BCUT2D eigenvalue weighted by molar-refractivity contribution is 0.323. The maximum absolute atomic E-state index is 13.7. The molecular formula is C13H18FN. The molecule has 1 nitrogen and oxygen atoms in total. The molecule has 0 aliphatic heterocycles. The van der Waals surface area contributed by atoms with Crippen LogP contribution in [0.5, 0.6) is 0 Å². The van der Waals surface area contributed by atoms with E-state index in [2.05, 4.69) is 6.92 Å². The zero-order valence-electron chi connectivity index (χ0n) is 9.17. The minimum atomic E-state index is -0.131. The Morgan fingerprint density at radius 2 is 2.00 bits per heavy atom. The molecule has 1 aromatic rings. The van der Waals surface area contributed by atoms with Gasteiger partial charge in [0.2, 0.25) is 0 Å². The van der Waals surface area contributed by atoms with Gasteiger partial charge in [-0.25, -0.2) is 4.39 Å². The molecule has 0 saturated heterocycles. The fraction of sp³-hybridized carbons (Fsp3) is 0.538. The summed E-state index contributed by atoms with van der Waals surface area (Å²) in [5, 5.41) is 0. The first-order valence-corrected chi connectivity index (χ1v) is 5.73. The molecule has 0 spiro atoms. The van der Waals surface area contributed by atoms with Gasteiger partial charge in [-0.1, -0.05) is 32.3 Å². The lowest BCUT2D eigenvalue weighted by atomic mass is 9.76. The first-order chi connectivity index (χ1) is 7.18. The average molecular weight is 207 g/mol. The minimum absolute atomic E-state index is 0.131. The van der Waals surface area contributed by atoms with Crippen molar-refractivity contribution in [2.75, 3.05) is 5.73 Å². The van der Waals surface area contributed by atoms with Crippen LogP contribution in [0.2, 0.25) is 0 Å². The van der Waals surface area contributed by atoms with E-state index < -0.39 is 0 Å². The number of rotatable bonds is 1. The van der Waals surface area contributed by atoms with E-state index in [1.165, 1.54) is 25.3 Å². The summed E-state index contributed by atoms with van der Waals surface area (Å²) in [7, 11) is 0. The number of benzene rings is 1. The average Bonchev–Trinajstić information content (AvgIpc) is 2.20. The predicted octanol–water partition coefficient (Wildman–Crippen LogP) is 3.70. The van der Waals surface area contributed by atoms with Gasteiger partial charge >= 0.3 is 0 Å². The van der Waals surface area contributed by atoms with Crippen molar-refractivity contribution in [1.82, 2.24) is 0 Å². The van der Waals surface area contributed by atoms with Gasteiger partial charge in [-0.05, 0) is 36.0 Å².